The molecule has 0 bridgehead atoms. The molecule has 0 aliphatic carbocycles. The summed E-state index contributed by atoms with van der Waals surface area (Å²) in [7, 11) is 1.78. The van der Waals surface area contributed by atoms with E-state index in [1.165, 1.54) is 0 Å². The molecule has 2 rings (SSSR count). The predicted molar refractivity (Wildman–Crippen MR) is 80.6 cm³/mol. The van der Waals surface area contributed by atoms with Crippen LogP contribution in [0.15, 0.2) is 28.7 Å². The number of benzene rings is 1. The second-order valence-electron chi connectivity index (χ2n) is 4.28. The minimum Gasteiger partial charge on any atom is -0.370 e. The van der Waals surface area contributed by atoms with Crippen molar-refractivity contribution in [2.75, 3.05) is 33.3 Å². The van der Waals surface area contributed by atoms with Gasteiger partial charge in [0.25, 0.3) is 0 Å². The lowest BCUT2D eigenvalue weighted by Crippen LogP contribution is -2.45. The maximum Gasteiger partial charge on any atom is 0.236 e. The Labute approximate surface area is 128 Å². The molecule has 0 spiro atoms. The summed E-state index contributed by atoms with van der Waals surface area (Å²) in [5.41, 5.74) is 1.11. The molecule has 1 aliphatic rings. The third kappa shape index (κ3) is 4.45. The van der Waals surface area contributed by atoms with Crippen LogP contribution in [0.1, 0.15) is 11.7 Å². The number of ether oxygens (including phenoxy) is 1. The van der Waals surface area contributed by atoms with E-state index in [2.05, 4.69) is 21.2 Å². The van der Waals surface area contributed by atoms with Gasteiger partial charge in [-0.3, -0.25) is 4.79 Å². The molecule has 1 N–H and O–H groups in total. The largest absolute Gasteiger partial charge is 0.370 e. The molecule has 19 heavy (non-hydrogen) atoms. The Morgan fingerprint density at radius 3 is 2.79 bits per heavy atom. The number of nitrogens with zero attached hydrogens (tertiary/aromatic N) is 1. The number of hydrogen-bond acceptors (Lipinski definition) is 3. The summed E-state index contributed by atoms with van der Waals surface area (Å²) >= 11 is 3.41. The van der Waals surface area contributed by atoms with E-state index in [1.807, 2.05) is 29.2 Å². The number of nitrogens with one attached hydrogen (secondary N) is 1. The first-order chi connectivity index (χ1) is 8.70. The first kappa shape index (κ1) is 16.4. The molecule has 1 saturated heterocycles. The van der Waals surface area contributed by atoms with Crippen molar-refractivity contribution in [2.45, 2.75) is 6.10 Å². The number of carbonyl (C=O) groups excluding carboxylic acids is 1. The molecule has 1 amide bonds. The van der Waals surface area contributed by atoms with E-state index in [4.69, 9.17) is 4.74 Å². The van der Waals surface area contributed by atoms with E-state index in [0.29, 0.717) is 26.2 Å². The predicted octanol–water partition coefficient (Wildman–Crippen LogP) is 1.99. The van der Waals surface area contributed by atoms with Gasteiger partial charge in [0.05, 0.1) is 19.7 Å². The molecule has 1 fully saturated rings. The molecular weight excluding hydrogens is 332 g/mol. The zero-order chi connectivity index (χ0) is 13.0. The van der Waals surface area contributed by atoms with Gasteiger partial charge in [-0.25, -0.2) is 0 Å². The van der Waals surface area contributed by atoms with Crippen molar-refractivity contribution in [1.29, 1.82) is 0 Å². The van der Waals surface area contributed by atoms with Crippen LogP contribution in [0, 0.1) is 0 Å². The van der Waals surface area contributed by atoms with E-state index in [1.54, 1.807) is 7.05 Å². The van der Waals surface area contributed by atoms with Crippen LogP contribution in [-0.2, 0) is 9.53 Å². The number of halogens is 2. The van der Waals surface area contributed by atoms with Crippen LogP contribution in [0.3, 0.4) is 0 Å². The zero-order valence-electron chi connectivity index (χ0n) is 10.8. The molecule has 0 saturated carbocycles. The monoisotopic (exact) mass is 348 g/mol. The number of carbonyl (C=O) groups is 1. The second-order valence-corrected chi connectivity index (χ2v) is 5.20. The fourth-order valence-electron chi connectivity index (χ4n) is 2.02. The van der Waals surface area contributed by atoms with Gasteiger partial charge in [0.2, 0.25) is 5.91 Å². The highest BCUT2D eigenvalue weighted by Gasteiger charge is 2.24. The van der Waals surface area contributed by atoms with Gasteiger partial charge in [-0.15, -0.1) is 12.4 Å². The average Bonchev–Trinajstić information content (AvgIpc) is 2.40. The highest BCUT2D eigenvalue weighted by Crippen LogP contribution is 2.23. The van der Waals surface area contributed by atoms with Crippen LogP contribution < -0.4 is 5.32 Å². The standard InChI is InChI=1S/C13H17BrN2O2.ClH/c1-15-8-13(17)16-6-7-18-12(9-16)10-2-4-11(14)5-3-10;/h2-5,12,15H,6-9H2,1H3;1H. The number of morpholine rings is 1. The van der Waals surface area contributed by atoms with E-state index in [9.17, 15) is 4.79 Å². The summed E-state index contributed by atoms with van der Waals surface area (Å²) in [6.45, 7) is 2.28. The Bertz CT molecular complexity index is 414. The summed E-state index contributed by atoms with van der Waals surface area (Å²) in [6.07, 6.45) is -0.0207. The van der Waals surface area contributed by atoms with Crippen LogP contribution >= 0.6 is 28.3 Å². The van der Waals surface area contributed by atoms with Gasteiger partial charge in [0.15, 0.2) is 0 Å². The fourth-order valence-corrected chi connectivity index (χ4v) is 2.28. The molecule has 1 aromatic rings. The topological polar surface area (TPSA) is 41.6 Å². The van der Waals surface area contributed by atoms with Crippen molar-refractivity contribution in [1.82, 2.24) is 10.2 Å². The van der Waals surface area contributed by atoms with E-state index in [0.717, 1.165) is 10.0 Å². The Hall–Kier alpha value is -0.620. The maximum absolute atomic E-state index is 11.8. The molecule has 1 heterocycles. The molecule has 1 unspecified atom stereocenters. The van der Waals surface area contributed by atoms with Crippen molar-refractivity contribution in [3.05, 3.63) is 34.3 Å². The van der Waals surface area contributed by atoms with Crippen molar-refractivity contribution in [3.8, 4) is 0 Å². The van der Waals surface area contributed by atoms with Crippen molar-refractivity contribution in [3.63, 3.8) is 0 Å². The van der Waals surface area contributed by atoms with Gasteiger partial charge < -0.3 is 15.0 Å². The quantitative estimate of drug-likeness (QED) is 0.907. The van der Waals surface area contributed by atoms with Crippen LogP contribution in [0.4, 0.5) is 0 Å². The number of hydrogen-bond donors (Lipinski definition) is 1. The molecule has 4 nitrogen and oxygen atoms in total. The molecular formula is C13H18BrClN2O2. The lowest BCUT2D eigenvalue weighted by atomic mass is 10.1. The Morgan fingerprint density at radius 2 is 2.16 bits per heavy atom. The number of amides is 1. The number of rotatable bonds is 3. The second kappa shape index (κ2) is 7.85. The summed E-state index contributed by atoms with van der Waals surface area (Å²) < 4.78 is 6.78. The minimum atomic E-state index is -0.0207. The molecule has 1 aliphatic heterocycles. The highest BCUT2D eigenvalue weighted by atomic mass is 79.9. The van der Waals surface area contributed by atoms with Gasteiger partial charge in [-0.1, -0.05) is 28.1 Å². The van der Waals surface area contributed by atoms with Crippen molar-refractivity contribution in [2.24, 2.45) is 0 Å². The van der Waals surface area contributed by atoms with Gasteiger partial charge >= 0.3 is 0 Å². The highest BCUT2D eigenvalue weighted by molar-refractivity contribution is 9.10. The molecule has 6 heteroatoms. The normalized spacial score (nSPS) is 18.8. The first-order valence-corrected chi connectivity index (χ1v) is 6.79. The summed E-state index contributed by atoms with van der Waals surface area (Å²) in [5.74, 6) is 0.128. The Kier molecular flexibility index (Phi) is 6.79. The minimum absolute atomic E-state index is 0. The van der Waals surface area contributed by atoms with Gasteiger partial charge in [-0.05, 0) is 24.7 Å². The molecule has 1 aromatic carbocycles. The average molecular weight is 350 g/mol. The van der Waals surface area contributed by atoms with E-state index < -0.39 is 0 Å². The van der Waals surface area contributed by atoms with Crippen LogP contribution in [-0.4, -0.2) is 44.1 Å². The number of likely N-dealkylation sites (N-methyl/N-ethyl adjacent to an activating group) is 1. The van der Waals surface area contributed by atoms with Gasteiger partial charge in [0.1, 0.15) is 6.10 Å². The molecule has 0 radical (unpaired) electrons. The Balaban J connectivity index is 0.00000180. The third-order valence-electron chi connectivity index (χ3n) is 2.99. The van der Waals surface area contributed by atoms with E-state index in [-0.39, 0.29) is 24.4 Å². The van der Waals surface area contributed by atoms with Crippen molar-refractivity contribution >= 4 is 34.2 Å². The first-order valence-electron chi connectivity index (χ1n) is 6.00. The summed E-state index contributed by atoms with van der Waals surface area (Å²) in [6, 6.07) is 8.04. The lowest BCUT2D eigenvalue weighted by Gasteiger charge is -2.33. The third-order valence-corrected chi connectivity index (χ3v) is 3.52. The molecule has 1 atom stereocenters. The fraction of sp³-hybridized carbons (Fsp3) is 0.462. The lowest BCUT2D eigenvalue weighted by molar-refractivity contribution is -0.137. The summed E-state index contributed by atoms with van der Waals surface area (Å²) in [4.78, 5) is 13.7. The SMILES string of the molecule is CNCC(=O)N1CCOC(c2ccc(Br)cc2)C1.Cl. The van der Waals surface area contributed by atoms with Crippen LogP contribution in [0.2, 0.25) is 0 Å². The van der Waals surface area contributed by atoms with Crippen LogP contribution in [0.5, 0.6) is 0 Å². The van der Waals surface area contributed by atoms with Crippen LogP contribution in [0.25, 0.3) is 0 Å². The maximum atomic E-state index is 11.8. The molecule has 0 aromatic heterocycles. The zero-order valence-corrected chi connectivity index (χ0v) is 13.2. The Morgan fingerprint density at radius 1 is 1.47 bits per heavy atom. The smallest absolute Gasteiger partial charge is 0.236 e. The van der Waals surface area contributed by atoms with Crippen molar-refractivity contribution < 1.29 is 9.53 Å². The van der Waals surface area contributed by atoms with E-state index >= 15 is 0 Å². The summed E-state index contributed by atoms with van der Waals surface area (Å²) in [5, 5.41) is 2.89. The molecule has 106 valence electrons. The van der Waals surface area contributed by atoms with Gasteiger partial charge in [-0.2, -0.15) is 0 Å². The van der Waals surface area contributed by atoms with Gasteiger partial charge in [0, 0.05) is 11.0 Å².